The van der Waals surface area contributed by atoms with E-state index in [4.69, 9.17) is 4.74 Å². The quantitative estimate of drug-likeness (QED) is 0.339. The first-order chi connectivity index (χ1) is 15.8. The smallest absolute Gasteiger partial charge is 0.282 e. The molecule has 1 aliphatic heterocycles. The van der Waals surface area contributed by atoms with Crippen LogP contribution >= 0.6 is 0 Å². The molecular weight excluding hydrogens is 422 g/mol. The number of nitro benzene ring substituents is 1. The highest BCUT2D eigenvalue weighted by Gasteiger charge is 2.41. The van der Waals surface area contributed by atoms with Gasteiger partial charge in [0.2, 0.25) is 0 Å². The predicted molar refractivity (Wildman–Crippen MR) is 125 cm³/mol. The van der Waals surface area contributed by atoms with Crippen LogP contribution in [-0.2, 0) is 9.59 Å². The van der Waals surface area contributed by atoms with Gasteiger partial charge in [-0.1, -0.05) is 24.3 Å². The first kappa shape index (κ1) is 21.8. The zero-order valence-corrected chi connectivity index (χ0v) is 18.3. The lowest BCUT2D eigenvalue weighted by Crippen LogP contribution is -2.32. The number of benzene rings is 3. The molecule has 8 nitrogen and oxygen atoms in total. The normalized spacial score (nSPS) is 13.5. The maximum atomic E-state index is 13.6. The molecule has 0 radical (unpaired) electrons. The molecule has 0 aliphatic carbocycles. The van der Waals surface area contributed by atoms with E-state index in [9.17, 15) is 19.7 Å². The molecule has 4 rings (SSSR count). The first-order valence-corrected chi connectivity index (χ1v) is 10.2. The molecule has 3 aromatic rings. The van der Waals surface area contributed by atoms with Gasteiger partial charge in [0.05, 0.1) is 23.3 Å². The van der Waals surface area contributed by atoms with Crippen molar-refractivity contribution in [2.24, 2.45) is 0 Å². The summed E-state index contributed by atoms with van der Waals surface area (Å²) in [5, 5.41) is 14.2. The summed E-state index contributed by atoms with van der Waals surface area (Å²) in [6, 6.07) is 17.9. The van der Waals surface area contributed by atoms with E-state index in [2.05, 4.69) is 5.32 Å². The predicted octanol–water partition coefficient (Wildman–Crippen LogP) is 4.62. The molecule has 1 N–H and O–H groups in total. The van der Waals surface area contributed by atoms with Crippen LogP contribution < -0.4 is 15.0 Å². The highest BCUT2D eigenvalue weighted by molar-refractivity contribution is 6.46. The van der Waals surface area contributed by atoms with Gasteiger partial charge >= 0.3 is 0 Å². The van der Waals surface area contributed by atoms with Crippen molar-refractivity contribution in [3.05, 3.63) is 99.2 Å². The molecule has 0 saturated carbocycles. The zero-order valence-electron chi connectivity index (χ0n) is 18.3. The molecular formula is C25H21N3O5. The van der Waals surface area contributed by atoms with E-state index in [0.29, 0.717) is 22.7 Å². The molecule has 3 aromatic carbocycles. The van der Waals surface area contributed by atoms with E-state index < -0.39 is 16.7 Å². The number of non-ortho nitro benzene ring substituents is 1. The first-order valence-electron chi connectivity index (χ1n) is 10.2. The van der Waals surface area contributed by atoms with Gasteiger partial charge in [-0.25, -0.2) is 4.90 Å². The van der Waals surface area contributed by atoms with Crippen molar-refractivity contribution < 1.29 is 19.2 Å². The maximum Gasteiger partial charge on any atom is 0.282 e. The minimum atomic E-state index is -0.550. The van der Waals surface area contributed by atoms with Gasteiger partial charge < -0.3 is 10.1 Å². The van der Waals surface area contributed by atoms with Crippen LogP contribution in [0.25, 0.3) is 5.57 Å². The number of hydrogen-bond donors (Lipinski definition) is 1. The topological polar surface area (TPSA) is 102 Å². The van der Waals surface area contributed by atoms with Crippen molar-refractivity contribution in [1.29, 1.82) is 0 Å². The summed E-state index contributed by atoms with van der Waals surface area (Å²) in [5.41, 5.74) is 3.46. The van der Waals surface area contributed by atoms with Crippen molar-refractivity contribution in [1.82, 2.24) is 0 Å². The van der Waals surface area contributed by atoms with Gasteiger partial charge in [-0.2, -0.15) is 0 Å². The number of aryl methyl sites for hydroxylation is 1. The maximum absolute atomic E-state index is 13.6. The summed E-state index contributed by atoms with van der Waals surface area (Å²) in [6.45, 7) is 3.87. The average Bonchev–Trinajstić information content (AvgIpc) is 3.06. The Balaban J connectivity index is 1.87. The van der Waals surface area contributed by atoms with Crippen LogP contribution in [0.3, 0.4) is 0 Å². The summed E-state index contributed by atoms with van der Waals surface area (Å²) < 4.78 is 5.37. The van der Waals surface area contributed by atoms with Gasteiger partial charge in [0, 0.05) is 17.8 Å². The molecule has 0 bridgehead atoms. The Kier molecular flexibility index (Phi) is 5.66. The molecule has 1 heterocycles. The minimum Gasteiger partial charge on any atom is -0.495 e. The summed E-state index contributed by atoms with van der Waals surface area (Å²) >= 11 is 0. The van der Waals surface area contributed by atoms with Crippen molar-refractivity contribution in [2.75, 3.05) is 17.3 Å². The summed E-state index contributed by atoms with van der Waals surface area (Å²) in [6.07, 6.45) is 0. The number of nitrogens with zero attached hydrogens (tertiary/aromatic N) is 2. The second-order valence-electron chi connectivity index (χ2n) is 7.54. The Morgan fingerprint density at radius 1 is 0.909 bits per heavy atom. The highest BCUT2D eigenvalue weighted by Crippen LogP contribution is 2.38. The summed E-state index contributed by atoms with van der Waals surface area (Å²) in [5.74, 6) is -0.722. The summed E-state index contributed by atoms with van der Waals surface area (Å²) in [4.78, 5) is 38.8. The van der Waals surface area contributed by atoms with E-state index in [1.807, 2.05) is 32.0 Å². The Bertz CT molecular complexity index is 1310. The lowest BCUT2D eigenvalue weighted by molar-refractivity contribution is -0.384. The van der Waals surface area contributed by atoms with Gasteiger partial charge in [-0.15, -0.1) is 0 Å². The van der Waals surface area contributed by atoms with E-state index in [0.717, 1.165) is 16.0 Å². The van der Waals surface area contributed by atoms with Gasteiger partial charge in [-0.05, 0) is 60.9 Å². The molecule has 1 aliphatic rings. The molecule has 0 atom stereocenters. The van der Waals surface area contributed by atoms with Crippen LogP contribution in [0.4, 0.5) is 17.1 Å². The summed E-state index contributed by atoms with van der Waals surface area (Å²) in [7, 11) is 1.46. The lowest BCUT2D eigenvalue weighted by Gasteiger charge is -2.18. The number of rotatable bonds is 6. The number of methoxy groups -OCH3 is 1. The van der Waals surface area contributed by atoms with Crippen LogP contribution in [0, 0.1) is 24.0 Å². The third-order valence-corrected chi connectivity index (χ3v) is 5.64. The van der Waals surface area contributed by atoms with Crippen LogP contribution in [0.5, 0.6) is 5.75 Å². The van der Waals surface area contributed by atoms with Gasteiger partial charge in [0.15, 0.2) is 0 Å². The van der Waals surface area contributed by atoms with Crippen LogP contribution in [-0.4, -0.2) is 23.8 Å². The highest BCUT2D eigenvalue weighted by atomic mass is 16.6. The van der Waals surface area contributed by atoms with Gasteiger partial charge in [-0.3, -0.25) is 19.7 Å². The molecule has 0 spiro atoms. The van der Waals surface area contributed by atoms with Crippen molar-refractivity contribution in [3.63, 3.8) is 0 Å². The molecule has 0 saturated heterocycles. The number of imide groups is 1. The number of carbonyl (C=O) groups is 2. The third-order valence-electron chi connectivity index (χ3n) is 5.64. The number of anilines is 2. The molecule has 0 fully saturated rings. The number of nitrogens with one attached hydrogen (secondary N) is 1. The zero-order chi connectivity index (χ0) is 23.7. The van der Waals surface area contributed by atoms with Crippen LogP contribution in [0.2, 0.25) is 0 Å². The van der Waals surface area contributed by atoms with Crippen molar-refractivity contribution in [2.45, 2.75) is 13.8 Å². The van der Waals surface area contributed by atoms with E-state index in [-0.39, 0.29) is 17.0 Å². The van der Waals surface area contributed by atoms with Gasteiger partial charge in [0.25, 0.3) is 17.5 Å². The molecule has 0 unspecified atom stereocenters. The number of ether oxygens (including phenoxy) is 1. The number of amides is 2. The molecule has 8 heteroatoms. The van der Waals surface area contributed by atoms with E-state index >= 15 is 0 Å². The number of para-hydroxylation sites is 2. The fraction of sp³-hybridized carbons (Fsp3) is 0.120. The fourth-order valence-corrected chi connectivity index (χ4v) is 3.72. The Morgan fingerprint density at radius 3 is 2.27 bits per heavy atom. The number of hydrogen-bond acceptors (Lipinski definition) is 6. The van der Waals surface area contributed by atoms with Crippen LogP contribution in [0.15, 0.2) is 72.4 Å². The van der Waals surface area contributed by atoms with Crippen LogP contribution in [0.1, 0.15) is 16.7 Å². The van der Waals surface area contributed by atoms with Crippen molar-refractivity contribution >= 4 is 34.4 Å². The molecule has 33 heavy (non-hydrogen) atoms. The standard InChI is InChI=1S/C25H21N3O5/c1-15-7-6-8-19(16(15)2)26-23-22(17-11-13-18(14-12-17)28(31)32)24(29)27(25(23)30)20-9-4-5-10-21(20)33-3/h4-14,26H,1-3H3. The van der Waals surface area contributed by atoms with Crippen molar-refractivity contribution in [3.8, 4) is 5.75 Å². The Hall–Kier alpha value is -4.46. The average molecular weight is 443 g/mol. The Morgan fingerprint density at radius 2 is 1.61 bits per heavy atom. The molecule has 2 amide bonds. The van der Waals surface area contributed by atoms with Gasteiger partial charge in [0.1, 0.15) is 11.4 Å². The second kappa shape index (κ2) is 8.58. The number of nitro groups is 1. The Labute approximate surface area is 190 Å². The number of carbonyl (C=O) groups excluding carboxylic acids is 2. The third kappa shape index (κ3) is 3.82. The van der Waals surface area contributed by atoms with E-state index in [1.165, 1.54) is 31.4 Å². The second-order valence-corrected chi connectivity index (χ2v) is 7.54. The monoisotopic (exact) mass is 443 g/mol. The SMILES string of the molecule is COc1ccccc1N1C(=O)C(Nc2cccc(C)c2C)=C(c2ccc([N+](=O)[O-])cc2)C1=O. The van der Waals surface area contributed by atoms with E-state index in [1.54, 1.807) is 24.3 Å². The fourth-order valence-electron chi connectivity index (χ4n) is 3.72. The largest absolute Gasteiger partial charge is 0.495 e. The molecule has 0 aromatic heterocycles. The lowest BCUT2D eigenvalue weighted by atomic mass is 10.0. The molecule has 166 valence electrons. The minimum absolute atomic E-state index is 0.0912.